The molecule has 8 heteroatoms. The van der Waals surface area contributed by atoms with E-state index in [4.69, 9.17) is 4.74 Å². The van der Waals surface area contributed by atoms with E-state index in [1.807, 2.05) is 31.2 Å². The average molecular weight is 426 g/mol. The van der Waals surface area contributed by atoms with E-state index in [-0.39, 0.29) is 23.9 Å². The monoisotopic (exact) mass is 426 g/mol. The topological polar surface area (TPSA) is 110 Å². The molecule has 0 bridgehead atoms. The summed E-state index contributed by atoms with van der Waals surface area (Å²) < 4.78 is 5.40. The first-order valence-electron chi connectivity index (χ1n) is 10.3. The van der Waals surface area contributed by atoms with E-state index in [9.17, 15) is 24.8 Å². The van der Waals surface area contributed by atoms with E-state index in [0.717, 1.165) is 12.0 Å². The van der Waals surface area contributed by atoms with Gasteiger partial charge in [-0.3, -0.25) is 14.9 Å². The van der Waals surface area contributed by atoms with Crippen LogP contribution in [-0.2, 0) is 11.2 Å². The van der Waals surface area contributed by atoms with Crippen LogP contribution in [0.1, 0.15) is 43.7 Å². The Morgan fingerprint density at radius 2 is 1.81 bits per heavy atom. The summed E-state index contributed by atoms with van der Waals surface area (Å²) in [5.74, 6) is -0.902. The number of likely N-dealkylation sites (tertiary alicyclic amines) is 1. The minimum Gasteiger partial charge on any atom is -0.481 e. The summed E-state index contributed by atoms with van der Waals surface area (Å²) in [5.41, 5.74) is 1.00. The number of hydrogen-bond donors (Lipinski definition) is 1. The molecule has 1 aliphatic rings. The summed E-state index contributed by atoms with van der Waals surface area (Å²) in [6, 6.07) is 13.3. The fraction of sp³-hybridized carbons (Fsp3) is 0.391. The van der Waals surface area contributed by atoms with E-state index in [0.29, 0.717) is 19.4 Å². The third-order valence-corrected chi connectivity index (χ3v) is 6.07. The first kappa shape index (κ1) is 22.3. The average Bonchev–Trinajstić information content (AvgIpc) is 2.78. The van der Waals surface area contributed by atoms with Crippen molar-refractivity contribution in [2.24, 2.45) is 5.41 Å². The summed E-state index contributed by atoms with van der Waals surface area (Å²) in [4.78, 5) is 36.7. The van der Waals surface area contributed by atoms with Gasteiger partial charge in [-0.15, -0.1) is 0 Å². The summed E-state index contributed by atoms with van der Waals surface area (Å²) in [5, 5.41) is 20.8. The quantitative estimate of drug-likeness (QED) is 0.533. The predicted octanol–water partition coefficient (Wildman–Crippen LogP) is 4.63. The van der Waals surface area contributed by atoms with Gasteiger partial charge >= 0.3 is 12.1 Å². The molecule has 0 spiro atoms. The summed E-state index contributed by atoms with van der Waals surface area (Å²) >= 11 is 0. The molecule has 0 radical (unpaired) electrons. The van der Waals surface area contributed by atoms with Gasteiger partial charge in [0.2, 0.25) is 0 Å². The number of piperidine rings is 1. The molecule has 1 heterocycles. The molecule has 2 unspecified atom stereocenters. The Kier molecular flexibility index (Phi) is 6.58. The third kappa shape index (κ3) is 4.84. The molecule has 8 nitrogen and oxygen atoms in total. The number of nitro benzene ring substituents is 1. The molecule has 3 rings (SSSR count). The Morgan fingerprint density at radius 3 is 2.32 bits per heavy atom. The molecule has 164 valence electrons. The number of nitro groups is 1. The molecule has 0 aliphatic carbocycles. The van der Waals surface area contributed by atoms with Gasteiger partial charge in [0.1, 0.15) is 5.75 Å². The maximum absolute atomic E-state index is 12.9. The molecular weight excluding hydrogens is 400 g/mol. The zero-order chi connectivity index (χ0) is 22.6. The van der Waals surface area contributed by atoms with Gasteiger partial charge in [0.15, 0.2) is 0 Å². The van der Waals surface area contributed by atoms with Gasteiger partial charge in [-0.25, -0.2) is 4.79 Å². The Morgan fingerprint density at radius 1 is 1.16 bits per heavy atom. The van der Waals surface area contributed by atoms with Crippen LogP contribution in [0.4, 0.5) is 10.5 Å². The molecule has 2 atom stereocenters. The fourth-order valence-electron chi connectivity index (χ4n) is 4.05. The molecule has 1 saturated heterocycles. The van der Waals surface area contributed by atoms with Gasteiger partial charge in [0, 0.05) is 31.1 Å². The Bertz CT molecular complexity index is 957. The summed E-state index contributed by atoms with van der Waals surface area (Å²) in [6.07, 6.45) is 1.06. The lowest BCUT2D eigenvalue weighted by molar-refractivity contribution is -0.384. The smallest absolute Gasteiger partial charge is 0.415 e. The number of aryl methyl sites for hydroxylation is 1. The first-order chi connectivity index (χ1) is 14.8. The largest absolute Gasteiger partial charge is 0.481 e. The number of carbonyl (C=O) groups is 2. The number of ether oxygens (including phenoxy) is 1. The SMILES string of the molecule is CCc1ccc(C2CN(C(=O)Oc3ccc([N+](=O)[O-])cc3)CC(CC)(C(=O)O)C2)cc1. The molecule has 0 aromatic heterocycles. The molecule has 1 N–H and O–H groups in total. The number of aliphatic carboxylic acids is 1. The number of hydrogen-bond acceptors (Lipinski definition) is 5. The predicted molar refractivity (Wildman–Crippen MR) is 114 cm³/mol. The highest BCUT2D eigenvalue weighted by Gasteiger charge is 2.46. The van der Waals surface area contributed by atoms with Gasteiger partial charge in [0.25, 0.3) is 5.69 Å². The standard InChI is InChI=1S/C23H26N2O6/c1-3-16-5-7-17(8-6-16)18-13-23(4-2,21(26)27)15-24(14-18)22(28)31-20-11-9-19(10-12-20)25(29)30/h5-12,18H,3-4,13-15H2,1-2H3,(H,26,27). The highest BCUT2D eigenvalue weighted by atomic mass is 16.6. The second kappa shape index (κ2) is 9.16. The van der Waals surface area contributed by atoms with E-state index >= 15 is 0 Å². The molecule has 1 aliphatic heterocycles. The maximum Gasteiger partial charge on any atom is 0.415 e. The minimum absolute atomic E-state index is 0.0498. The van der Waals surface area contributed by atoms with Crippen molar-refractivity contribution in [2.45, 2.75) is 39.0 Å². The second-order valence-corrected chi connectivity index (χ2v) is 7.93. The van der Waals surface area contributed by atoms with Crippen LogP contribution in [0, 0.1) is 15.5 Å². The van der Waals surface area contributed by atoms with Crippen molar-refractivity contribution in [1.29, 1.82) is 0 Å². The molecule has 2 aromatic carbocycles. The lowest BCUT2D eigenvalue weighted by atomic mass is 9.71. The summed E-state index contributed by atoms with van der Waals surface area (Å²) in [6.45, 7) is 4.27. The molecular formula is C23H26N2O6. The minimum atomic E-state index is -1.07. The number of carboxylic acid groups (broad SMARTS) is 1. The van der Waals surface area contributed by atoms with E-state index in [1.54, 1.807) is 0 Å². The number of nitrogens with zero attached hydrogens (tertiary/aromatic N) is 2. The highest BCUT2D eigenvalue weighted by molar-refractivity contribution is 5.78. The van der Waals surface area contributed by atoms with Crippen molar-refractivity contribution in [3.05, 3.63) is 69.8 Å². The van der Waals surface area contributed by atoms with Gasteiger partial charge in [-0.1, -0.05) is 38.1 Å². The first-order valence-corrected chi connectivity index (χ1v) is 10.3. The van der Waals surface area contributed by atoms with Crippen molar-refractivity contribution in [3.8, 4) is 5.75 Å². The van der Waals surface area contributed by atoms with Crippen LogP contribution in [-0.4, -0.2) is 40.1 Å². The van der Waals surface area contributed by atoms with Crippen molar-refractivity contribution in [3.63, 3.8) is 0 Å². The fourth-order valence-corrected chi connectivity index (χ4v) is 4.05. The van der Waals surface area contributed by atoms with Crippen LogP contribution in [0.3, 0.4) is 0 Å². The van der Waals surface area contributed by atoms with Gasteiger partial charge in [-0.05, 0) is 42.5 Å². The van der Waals surface area contributed by atoms with E-state index in [1.165, 1.54) is 34.7 Å². The maximum atomic E-state index is 12.9. The van der Waals surface area contributed by atoms with E-state index in [2.05, 4.69) is 6.92 Å². The molecule has 1 fully saturated rings. The van der Waals surface area contributed by atoms with Crippen molar-refractivity contribution >= 4 is 17.7 Å². The van der Waals surface area contributed by atoms with Gasteiger partial charge in [0.05, 0.1) is 10.3 Å². The van der Waals surface area contributed by atoms with Crippen LogP contribution in [0.5, 0.6) is 5.75 Å². The van der Waals surface area contributed by atoms with Crippen molar-refractivity contribution in [1.82, 2.24) is 4.90 Å². The lowest BCUT2D eigenvalue weighted by Crippen LogP contribution is -2.53. The number of benzene rings is 2. The lowest BCUT2D eigenvalue weighted by Gasteiger charge is -2.43. The third-order valence-electron chi connectivity index (χ3n) is 6.07. The van der Waals surface area contributed by atoms with Gasteiger partial charge in [-0.2, -0.15) is 0 Å². The second-order valence-electron chi connectivity index (χ2n) is 7.93. The molecule has 31 heavy (non-hydrogen) atoms. The normalized spacial score (nSPS) is 20.8. The van der Waals surface area contributed by atoms with Crippen LogP contribution in [0.25, 0.3) is 0 Å². The number of amides is 1. The van der Waals surface area contributed by atoms with Crippen LogP contribution >= 0.6 is 0 Å². The van der Waals surface area contributed by atoms with Crippen molar-refractivity contribution in [2.75, 3.05) is 13.1 Å². The zero-order valence-corrected chi connectivity index (χ0v) is 17.6. The van der Waals surface area contributed by atoms with Gasteiger partial charge < -0.3 is 14.7 Å². The number of carboxylic acids is 1. The highest BCUT2D eigenvalue weighted by Crippen LogP contribution is 2.41. The molecule has 0 saturated carbocycles. The number of carbonyl (C=O) groups excluding carboxylic acids is 1. The number of non-ortho nitro benzene ring substituents is 1. The Balaban J connectivity index is 1.83. The van der Waals surface area contributed by atoms with E-state index < -0.39 is 22.4 Å². The van der Waals surface area contributed by atoms with Crippen LogP contribution in [0.15, 0.2) is 48.5 Å². The number of rotatable bonds is 6. The zero-order valence-electron chi connectivity index (χ0n) is 17.6. The van der Waals surface area contributed by atoms with Crippen LogP contribution < -0.4 is 4.74 Å². The Labute approximate surface area is 180 Å². The van der Waals surface area contributed by atoms with Crippen molar-refractivity contribution < 1.29 is 24.4 Å². The molecule has 2 aromatic rings. The van der Waals surface area contributed by atoms with Crippen LogP contribution in [0.2, 0.25) is 0 Å². The molecule has 1 amide bonds. The summed E-state index contributed by atoms with van der Waals surface area (Å²) in [7, 11) is 0. The Hall–Kier alpha value is -3.42.